The molecule has 0 amide bonds. The summed E-state index contributed by atoms with van der Waals surface area (Å²) < 4.78 is 2.42. The van der Waals surface area contributed by atoms with E-state index in [9.17, 15) is 0 Å². The van der Waals surface area contributed by atoms with Gasteiger partial charge in [-0.2, -0.15) is 0 Å². The highest BCUT2D eigenvalue weighted by atomic mass is 15.0. The van der Waals surface area contributed by atoms with E-state index in [1.54, 1.807) is 0 Å². The topological polar surface area (TPSA) is 4.93 Å². The summed E-state index contributed by atoms with van der Waals surface area (Å²) in [5.41, 5.74) is 9.32. The first-order valence-electron chi connectivity index (χ1n) is 11.3. The van der Waals surface area contributed by atoms with Crippen LogP contribution in [-0.2, 0) is 5.41 Å². The average molecular weight is 410 g/mol. The quantitative estimate of drug-likeness (QED) is 0.258. The minimum atomic E-state index is -0.0408. The van der Waals surface area contributed by atoms with Gasteiger partial charge in [0.1, 0.15) is 0 Å². The molecule has 5 aromatic carbocycles. The molecule has 1 nitrogen and oxygen atoms in total. The molecule has 6 aromatic rings. The van der Waals surface area contributed by atoms with Gasteiger partial charge >= 0.3 is 0 Å². The van der Waals surface area contributed by atoms with Crippen molar-refractivity contribution in [1.82, 2.24) is 4.57 Å². The summed E-state index contributed by atoms with van der Waals surface area (Å²) in [4.78, 5) is 0. The van der Waals surface area contributed by atoms with Crippen molar-refractivity contribution in [3.05, 3.63) is 114 Å². The second-order valence-electron chi connectivity index (χ2n) is 9.44. The van der Waals surface area contributed by atoms with Crippen LogP contribution in [0.1, 0.15) is 25.0 Å². The van der Waals surface area contributed by atoms with Gasteiger partial charge in [0.25, 0.3) is 0 Å². The van der Waals surface area contributed by atoms with E-state index in [2.05, 4.69) is 122 Å². The summed E-state index contributed by atoms with van der Waals surface area (Å²) in [6, 6.07) is 37.8. The standard InChI is InChI=1S/C31H23N/c1-31(2)26-17-16-20-10-6-7-13-22(20)30(26)25-18-24-23-14-8-9-15-28(23)32(29(24)19-27(25)31)21-11-4-3-5-12-21/h3-19H,1-2H3. The van der Waals surface area contributed by atoms with E-state index in [0.29, 0.717) is 0 Å². The van der Waals surface area contributed by atoms with Gasteiger partial charge in [-0.05, 0) is 63.4 Å². The number of hydrogen-bond donors (Lipinski definition) is 0. The number of hydrogen-bond acceptors (Lipinski definition) is 0. The fourth-order valence-corrected chi connectivity index (χ4v) is 5.82. The lowest BCUT2D eigenvalue weighted by Gasteiger charge is -2.22. The first kappa shape index (κ1) is 17.8. The second-order valence-corrected chi connectivity index (χ2v) is 9.44. The van der Waals surface area contributed by atoms with Crippen LogP contribution in [0.2, 0.25) is 0 Å². The van der Waals surface area contributed by atoms with Gasteiger partial charge in [0.05, 0.1) is 11.0 Å². The van der Waals surface area contributed by atoms with Crippen LogP contribution in [0, 0.1) is 0 Å². The fourth-order valence-electron chi connectivity index (χ4n) is 5.82. The number of benzene rings is 5. The zero-order valence-electron chi connectivity index (χ0n) is 18.3. The van der Waals surface area contributed by atoms with Gasteiger partial charge in [-0.25, -0.2) is 0 Å². The maximum atomic E-state index is 2.45. The Hall–Kier alpha value is -3.84. The molecule has 0 saturated carbocycles. The minimum absolute atomic E-state index is 0.0408. The van der Waals surface area contributed by atoms with Gasteiger partial charge in [-0.15, -0.1) is 0 Å². The normalized spacial score (nSPS) is 14.2. The van der Waals surface area contributed by atoms with E-state index in [1.807, 2.05) is 0 Å². The molecule has 0 bridgehead atoms. The van der Waals surface area contributed by atoms with Crippen LogP contribution in [0.3, 0.4) is 0 Å². The van der Waals surface area contributed by atoms with Crippen LogP contribution >= 0.6 is 0 Å². The van der Waals surface area contributed by atoms with Gasteiger partial charge in [-0.3, -0.25) is 0 Å². The van der Waals surface area contributed by atoms with Crippen LogP contribution in [0.15, 0.2) is 103 Å². The maximum Gasteiger partial charge on any atom is 0.0544 e. The molecule has 0 N–H and O–H groups in total. The Balaban J connectivity index is 1.66. The summed E-state index contributed by atoms with van der Waals surface area (Å²) in [6.07, 6.45) is 0. The van der Waals surface area contributed by atoms with Crippen LogP contribution in [0.5, 0.6) is 0 Å². The first-order valence-corrected chi connectivity index (χ1v) is 11.3. The first-order chi connectivity index (χ1) is 15.6. The summed E-state index contributed by atoms with van der Waals surface area (Å²) in [5.74, 6) is 0. The number of aromatic nitrogens is 1. The Labute approximate surface area is 187 Å². The molecule has 32 heavy (non-hydrogen) atoms. The van der Waals surface area contributed by atoms with Crippen molar-refractivity contribution in [1.29, 1.82) is 0 Å². The van der Waals surface area contributed by atoms with Crippen LogP contribution in [0.4, 0.5) is 0 Å². The molecule has 7 rings (SSSR count). The smallest absolute Gasteiger partial charge is 0.0544 e. The van der Waals surface area contributed by atoms with Crippen molar-refractivity contribution < 1.29 is 0 Å². The molecule has 0 aliphatic heterocycles. The highest BCUT2D eigenvalue weighted by Crippen LogP contribution is 2.53. The molecular weight excluding hydrogens is 386 g/mol. The van der Waals surface area contributed by atoms with Crippen molar-refractivity contribution in [3.8, 4) is 16.8 Å². The summed E-state index contributed by atoms with van der Waals surface area (Å²) in [7, 11) is 0. The van der Waals surface area contributed by atoms with Crippen LogP contribution < -0.4 is 0 Å². The molecule has 1 heterocycles. The van der Waals surface area contributed by atoms with Gasteiger partial charge in [0.2, 0.25) is 0 Å². The highest BCUT2D eigenvalue weighted by Gasteiger charge is 2.37. The van der Waals surface area contributed by atoms with Crippen LogP contribution in [-0.4, -0.2) is 4.57 Å². The summed E-state index contributed by atoms with van der Waals surface area (Å²) >= 11 is 0. The Kier molecular flexibility index (Phi) is 3.40. The Bertz CT molecular complexity index is 1680. The van der Waals surface area contributed by atoms with Gasteiger partial charge < -0.3 is 4.57 Å². The lowest BCUT2D eigenvalue weighted by molar-refractivity contribution is 0.661. The molecule has 1 aliphatic carbocycles. The van der Waals surface area contributed by atoms with Crippen molar-refractivity contribution in [2.24, 2.45) is 0 Å². The summed E-state index contributed by atoms with van der Waals surface area (Å²) in [5, 5.41) is 5.28. The fraction of sp³-hybridized carbons (Fsp3) is 0.0968. The minimum Gasteiger partial charge on any atom is -0.309 e. The number of nitrogens with zero attached hydrogens (tertiary/aromatic N) is 1. The molecule has 0 atom stereocenters. The van der Waals surface area contributed by atoms with Gasteiger partial charge in [0, 0.05) is 21.9 Å². The van der Waals surface area contributed by atoms with Crippen molar-refractivity contribution >= 4 is 32.6 Å². The van der Waals surface area contributed by atoms with E-state index in [4.69, 9.17) is 0 Å². The number of rotatable bonds is 1. The van der Waals surface area contributed by atoms with E-state index < -0.39 is 0 Å². The van der Waals surface area contributed by atoms with E-state index >= 15 is 0 Å². The third-order valence-electron chi connectivity index (χ3n) is 7.37. The molecular formula is C31H23N. The lowest BCUT2D eigenvalue weighted by Crippen LogP contribution is -2.15. The second kappa shape index (κ2) is 6.11. The molecule has 0 spiro atoms. The summed E-state index contributed by atoms with van der Waals surface area (Å²) in [6.45, 7) is 4.74. The van der Waals surface area contributed by atoms with Crippen molar-refractivity contribution in [2.45, 2.75) is 19.3 Å². The predicted molar refractivity (Wildman–Crippen MR) is 136 cm³/mol. The van der Waals surface area contributed by atoms with Crippen LogP contribution in [0.25, 0.3) is 49.4 Å². The predicted octanol–water partition coefficient (Wildman–Crippen LogP) is 8.24. The van der Waals surface area contributed by atoms with E-state index in [0.717, 1.165) is 0 Å². The molecule has 0 fully saturated rings. The average Bonchev–Trinajstić information content (AvgIpc) is 3.27. The molecule has 1 aromatic heterocycles. The van der Waals surface area contributed by atoms with Crippen molar-refractivity contribution in [2.75, 3.05) is 0 Å². The Morgan fingerprint density at radius 2 is 1.28 bits per heavy atom. The van der Waals surface area contributed by atoms with Gasteiger partial charge in [-0.1, -0.05) is 86.6 Å². The monoisotopic (exact) mass is 409 g/mol. The molecule has 1 heteroatoms. The molecule has 0 saturated heterocycles. The van der Waals surface area contributed by atoms with Crippen molar-refractivity contribution in [3.63, 3.8) is 0 Å². The van der Waals surface area contributed by atoms with E-state index in [1.165, 1.54) is 60.5 Å². The third-order valence-corrected chi connectivity index (χ3v) is 7.37. The Morgan fingerprint density at radius 1 is 0.562 bits per heavy atom. The highest BCUT2D eigenvalue weighted by molar-refractivity contribution is 6.13. The largest absolute Gasteiger partial charge is 0.309 e. The molecule has 1 aliphatic rings. The molecule has 152 valence electrons. The van der Waals surface area contributed by atoms with E-state index in [-0.39, 0.29) is 5.41 Å². The number of para-hydroxylation sites is 2. The number of fused-ring (bicyclic) bond motifs is 8. The maximum absolute atomic E-state index is 2.45. The van der Waals surface area contributed by atoms with Gasteiger partial charge in [0.15, 0.2) is 0 Å². The lowest BCUT2D eigenvalue weighted by atomic mass is 9.82. The zero-order valence-corrected chi connectivity index (χ0v) is 18.3. The Morgan fingerprint density at radius 3 is 2.12 bits per heavy atom. The third kappa shape index (κ3) is 2.18. The zero-order chi connectivity index (χ0) is 21.4. The SMILES string of the molecule is CC1(C)c2cc3c(cc2-c2c1ccc1ccccc21)c1ccccc1n3-c1ccccc1. The molecule has 0 unspecified atom stereocenters. The molecule has 0 radical (unpaired) electrons.